The average molecular weight is 331 g/mol. The van der Waals surface area contributed by atoms with Crippen LogP contribution < -0.4 is 5.73 Å². The molecule has 3 nitrogen and oxygen atoms in total. The molecule has 1 aromatic carbocycles. The first kappa shape index (κ1) is 10.7. The number of hydrogen-bond acceptors (Lipinski definition) is 2. The molecule has 0 radical (unpaired) electrons. The number of aromatic nitrogens is 2. The van der Waals surface area contributed by atoms with E-state index < -0.39 is 0 Å². The molecule has 0 aliphatic carbocycles. The fraction of sp³-hybridized carbons (Fsp3) is 0.100. The molecule has 0 aliphatic heterocycles. The van der Waals surface area contributed by atoms with Crippen LogP contribution in [-0.4, -0.2) is 9.78 Å². The lowest BCUT2D eigenvalue weighted by Crippen LogP contribution is -2.06. The summed E-state index contributed by atoms with van der Waals surface area (Å²) in [4.78, 5) is 0. The zero-order valence-electron chi connectivity index (χ0n) is 7.82. The van der Waals surface area contributed by atoms with Crippen LogP contribution in [-0.2, 0) is 6.54 Å². The smallest absolute Gasteiger partial charge is 0.136 e. The van der Waals surface area contributed by atoms with Gasteiger partial charge < -0.3 is 5.73 Å². The number of nitrogens with two attached hydrogens (primary N) is 1. The number of benzene rings is 1. The van der Waals surface area contributed by atoms with Crippen molar-refractivity contribution in [1.82, 2.24) is 9.78 Å². The highest BCUT2D eigenvalue weighted by Crippen LogP contribution is 2.21. The van der Waals surface area contributed by atoms with Gasteiger partial charge in [0.1, 0.15) is 5.82 Å². The number of anilines is 1. The van der Waals surface area contributed by atoms with E-state index in [0.29, 0.717) is 12.4 Å². The van der Waals surface area contributed by atoms with Crippen molar-refractivity contribution in [2.75, 3.05) is 5.73 Å². The van der Waals surface area contributed by atoms with Crippen molar-refractivity contribution in [3.05, 3.63) is 45.0 Å². The molecule has 2 aromatic rings. The number of hydrogen-bond donors (Lipinski definition) is 1. The molecule has 0 unspecified atom stereocenters. The van der Waals surface area contributed by atoms with Crippen LogP contribution in [0.15, 0.2) is 39.4 Å². The first-order valence-electron chi connectivity index (χ1n) is 4.38. The van der Waals surface area contributed by atoms with E-state index in [-0.39, 0.29) is 0 Å². The van der Waals surface area contributed by atoms with Crippen LogP contribution >= 0.6 is 31.9 Å². The molecule has 78 valence electrons. The maximum Gasteiger partial charge on any atom is 0.136 e. The molecule has 0 saturated carbocycles. The SMILES string of the molecule is Nc1c(Br)cnn1Cc1ccccc1Br. The molecular weight excluding hydrogens is 322 g/mol. The monoisotopic (exact) mass is 329 g/mol. The summed E-state index contributed by atoms with van der Waals surface area (Å²) >= 11 is 6.82. The molecule has 0 saturated heterocycles. The Labute approximate surface area is 105 Å². The lowest BCUT2D eigenvalue weighted by Gasteiger charge is -2.06. The normalized spacial score (nSPS) is 10.5. The van der Waals surface area contributed by atoms with Crippen molar-refractivity contribution in [3.63, 3.8) is 0 Å². The van der Waals surface area contributed by atoms with Gasteiger partial charge in [-0.05, 0) is 27.6 Å². The average Bonchev–Trinajstić information content (AvgIpc) is 2.53. The molecule has 5 heteroatoms. The van der Waals surface area contributed by atoms with Gasteiger partial charge in [-0.3, -0.25) is 0 Å². The van der Waals surface area contributed by atoms with E-state index in [9.17, 15) is 0 Å². The van der Waals surface area contributed by atoms with Crippen LogP contribution in [0.25, 0.3) is 0 Å². The van der Waals surface area contributed by atoms with Crippen LogP contribution in [0.4, 0.5) is 5.82 Å². The Morgan fingerprint density at radius 2 is 1.93 bits per heavy atom. The fourth-order valence-corrected chi connectivity index (χ4v) is 1.99. The molecule has 0 amide bonds. The number of nitrogen functional groups attached to an aromatic ring is 1. The van der Waals surface area contributed by atoms with Crippen molar-refractivity contribution in [2.24, 2.45) is 0 Å². The second-order valence-corrected chi connectivity index (χ2v) is 4.84. The molecular formula is C10H9Br2N3. The minimum atomic E-state index is 0.644. The van der Waals surface area contributed by atoms with Gasteiger partial charge in [0.25, 0.3) is 0 Å². The molecule has 2 rings (SSSR count). The Balaban J connectivity index is 2.30. The topological polar surface area (TPSA) is 43.8 Å². The maximum absolute atomic E-state index is 5.84. The zero-order valence-corrected chi connectivity index (χ0v) is 11.0. The van der Waals surface area contributed by atoms with E-state index in [1.807, 2.05) is 24.3 Å². The maximum atomic E-state index is 5.84. The molecule has 15 heavy (non-hydrogen) atoms. The fourth-order valence-electron chi connectivity index (χ4n) is 1.29. The molecule has 0 aliphatic rings. The van der Waals surface area contributed by atoms with Crippen LogP contribution in [0.3, 0.4) is 0 Å². The number of nitrogens with zero attached hydrogens (tertiary/aromatic N) is 2. The second-order valence-electron chi connectivity index (χ2n) is 3.13. The lowest BCUT2D eigenvalue weighted by atomic mass is 10.2. The summed E-state index contributed by atoms with van der Waals surface area (Å²) in [5.41, 5.74) is 6.99. The predicted octanol–water partition coefficient (Wildman–Crippen LogP) is 3.04. The van der Waals surface area contributed by atoms with Gasteiger partial charge in [-0.15, -0.1) is 0 Å². The summed E-state index contributed by atoms with van der Waals surface area (Å²) in [6.07, 6.45) is 1.70. The van der Waals surface area contributed by atoms with Crippen LogP contribution in [0, 0.1) is 0 Å². The van der Waals surface area contributed by atoms with E-state index in [1.165, 1.54) is 0 Å². The summed E-state index contributed by atoms with van der Waals surface area (Å²) in [5.74, 6) is 0.644. The first-order chi connectivity index (χ1) is 7.18. The van der Waals surface area contributed by atoms with Gasteiger partial charge in [0.15, 0.2) is 0 Å². The van der Waals surface area contributed by atoms with Gasteiger partial charge in [0, 0.05) is 4.47 Å². The predicted molar refractivity (Wildman–Crippen MR) is 67.6 cm³/mol. The molecule has 1 heterocycles. The number of halogens is 2. The molecule has 0 atom stereocenters. The summed E-state index contributed by atoms with van der Waals surface area (Å²) in [5, 5.41) is 4.18. The first-order valence-corrected chi connectivity index (χ1v) is 5.97. The highest BCUT2D eigenvalue weighted by Gasteiger charge is 2.06. The molecule has 1 aromatic heterocycles. The van der Waals surface area contributed by atoms with Gasteiger partial charge in [-0.1, -0.05) is 34.1 Å². The Hall–Kier alpha value is -0.810. The summed E-state index contributed by atoms with van der Waals surface area (Å²) in [6, 6.07) is 8.02. The van der Waals surface area contributed by atoms with Crippen molar-refractivity contribution in [2.45, 2.75) is 6.54 Å². The summed E-state index contributed by atoms with van der Waals surface area (Å²) < 4.78 is 3.65. The van der Waals surface area contributed by atoms with E-state index in [1.54, 1.807) is 10.9 Å². The third-order valence-electron chi connectivity index (χ3n) is 2.11. The highest BCUT2D eigenvalue weighted by molar-refractivity contribution is 9.10. The van der Waals surface area contributed by atoms with Crippen molar-refractivity contribution < 1.29 is 0 Å². The van der Waals surface area contributed by atoms with Gasteiger partial charge in [0.2, 0.25) is 0 Å². The van der Waals surface area contributed by atoms with E-state index in [0.717, 1.165) is 14.5 Å². The quantitative estimate of drug-likeness (QED) is 0.919. The van der Waals surface area contributed by atoms with E-state index in [2.05, 4.69) is 37.0 Å². The second kappa shape index (κ2) is 4.37. The molecule has 2 N–H and O–H groups in total. The minimum absolute atomic E-state index is 0.644. The molecule has 0 bridgehead atoms. The third-order valence-corrected chi connectivity index (χ3v) is 3.50. The van der Waals surface area contributed by atoms with Crippen molar-refractivity contribution in [3.8, 4) is 0 Å². The Morgan fingerprint density at radius 3 is 2.53 bits per heavy atom. The molecule has 0 spiro atoms. The van der Waals surface area contributed by atoms with Crippen molar-refractivity contribution in [1.29, 1.82) is 0 Å². The van der Waals surface area contributed by atoms with Gasteiger partial charge in [-0.25, -0.2) is 4.68 Å². The van der Waals surface area contributed by atoms with E-state index in [4.69, 9.17) is 5.73 Å². The number of rotatable bonds is 2. The van der Waals surface area contributed by atoms with Crippen molar-refractivity contribution >= 4 is 37.7 Å². The third kappa shape index (κ3) is 2.23. The zero-order chi connectivity index (χ0) is 10.8. The van der Waals surface area contributed by atoms with Gasteiger partial charge >= 0.3 is 0 Å². The van der Waals surface area contributed by atoms with Crippen LogP contribution in [0.2, 0.25) is 0 Å². The molecule has 0 fully saturated rings. The standard InChI is InChI=1S/C10H9Br2N3/c11-8-4-2-1-3-7(8)6-15-10(13)9(12)5-14-15/h1-5H,6,13H2. The Morgan fingerprint density at radius 1 is 1.20 bits per heavy atom. The van der Waals surface area contributed by atoms with Crippen LogP contribution in [0.5, 0.6) is 0 Å². The lowest BCUT2D eigenvalue weighted by molar-refractivity contribution is 0.695. The van der Waals surface area contributed by atoms with Gasteiger partial charge in [0.05, 0.1) is 17.2 Å². The van der Waals surface area contributed by atoms with Crippen LogP contribution in [0.1, 0.15) is 5.56 Å². The van der Waals surface area contributed by atoms with E-state index >= 15 is 0 Å². The summed E-state index contributed by atoms with van der Waals surface area (Å²) in [7, 11) is 0. The summed E-state index contributed by atoms with van der Waals surface area (Å²) in [6.45, 7) is 0.666. The Kier molecular flexibility index (Phi) is 3.11. The highest BCUT2D eigenvalue weighted by atomic mass is 79.9. The minimum Gasteiger partial charge on any atom is -0.383 e. The largest absolute Gasteiger partial charge is 0.383 e. The Bertz CT molecular complexity index is 479. The van der Waals surface area contributed by atoms with Gasteiger partial charge in [-0.2, -0.15) is 5.10 Å².